The minimum atomic E-state index is 0.716. The first-order valence-electron chi connectivity index (χ1n) is 4.02. The van der Waals surface area contributed by atoms with E-state index in [2.05, 4.69) is 10.5 Å². The molecule has 0 aliphatic carbocycles. The molecule has 0 unspecified atom stereocenters. The smallest absolute Gasteiger partial charge is 0.184 e. The van der Waals surface area contributed by atoms with Crippen LogP contribution in [0, 0.1) is 12.3 Å². The maximum atomic E-state index is 5.39. The molecule has 0 aliphatic heterocycles. The average molecular weight is 161 g/mol. The second-order valence-corrected chi connectivity index (χ2v) is 2.62. The molecule has 0 saturated heterocycles. The zero-order chi connectivity index (χ0) is 8.81. The third-order valence-corrected chi connectivity index (χ3v) is 1.65. The van der Waals surface area contributed by atoms with Crippen molar-refractivity contribution in [1.82, 2.24) is 0 Å². The first-order chi connectivity index (χ1) is 5.86. The number of pyridine rings is 1. The second kappa shape index (κ2) is 4.53. The van der Waals surface area contributed by atoms with Crippen molar-refractivity contribution in [3.63, 3.8) is 0 Å². The number of hydrogen-bond donors (Lipinski definition) is 1. The molecule has 0 aliphatic rings. The quantitative estimate of drug-likeness (QED) is 0.501. The Hall–Kier alpha value is -1.33. The van der Waals surface area contributed by atoms with Crippen LogP contribution in [-0.2, 0) is 6.54 Å². The Labute approximate surface area is 73.0 Å². The highest BCUT2D eigenvalue weighted by atomic mass is 14.9. The van der Waals surface area contributed by atoms with Gasteiger partial charge in [0.25, 0.3) is 0 Å². The van der Waals surface area contributed by atoms with Gasteiger partial charge < -0.3 is 5.73 Å². The first-order valence-corrected chi connectivity index (χ1v) is 4.02. The summed E-state index contributed by atoms with van der Waals surface area (Å²) in [6, 6.07) is 3.87. The molecule has 1 aromatic heterocycles. The summed E-state index contributed by atoms with van der Waals surface area (Å²) in [5.74, 6) is 2.59. The van der Waals surface area contributed by atoms with Gasteiger partial charge in [-0.05, 0) is 12.6 Å². The van der Waals surface area contributed by atoms with Crippen molar-refractivity contribution in [2.24, 2.45) is 5.73 Å². The molecule has 2 heteroatoms. The summed E-state index contributed by atoms with van der Waals surface area (Å²) >= 11 is 0. The van der Waals surface area contributed by atoms with Crippen molar-refractivity contribution >= 4 is 0 Å². The van der Waals surface area contributed by atoms with Gasteiger partial charge in [0.2, 0.25) is 0 Å². The fraction of sp³-hybridized carbons (Fsp3) is 0.300. The number of nitrogens with two attached hydrogens (primary N) is 1. The summed E-state index contributed by atoms with van der Waals surface area (Å²) in [6.07, 6.45) is 10.2. The molecule has 1 rings (SSSR count). The molecule has 0 spiro atoms. The van der Waals surface area contributed by atoms with Gasteiger partial charge in [-0.1, -0.05) is 5.92 Å². The van der Waals surface area contributed by atoms with Crippen LogP contribution in [0.2, 0.25) is 0 Å². The summed E-state index contributed by atoms with van der Waals surface area (Å²) in [7, 11) is 0. The molecule has 2 N–H and O–H groups in total. The standard InChI is InChI=1S/C10H13N2/c1-2-10-5-3-7-12(9-10)8-4-6-11/h1,3,5,7,9H,4,6,8,11H2/q+1. The van der Waals surface area contributed by atoms with Gasteiger partial charge in [-0.25, -0.2) is 4.57 Å². The largest absolute Gasteiger partial charge is 0.330 e. The Balaban J connectivity index is 2.68. The Morgan fingerprint density at radius 2 is 2.42 bits per heavy atom. The number of hydrogen-bond acceptors (Lipinski definition) is 1. The monoisotopic (exact) mass is 161 g/mol. The molecule has 0 radical (unpaired) electrons. The van der Waals surface area contributed by atoms with Crippen molar-refractivity contribution in [2.75, 3.05) is 6.54 Å². The highest BCUT2D eigenvalue weighted by molar-refractivity contribution is 5.26. The maximum absolute atomic E-state index is 5.39. The number of aromatic nitrogens is 1. The predicted molar refractivity (Wildman–Crippen MR) is 48.2 cm³/mol. The first kappa shape index (κ1) is 8.76. The van der Waals surface area contributed by atoms with E-state index in [0.29, 0.717) is 6.54 Å². The molecule has 12 heavy (non-hydrogen) atoms. The van der Waals surface area contributed by atoms with Crippen LogP contribution in [-0.4, -0.2) is 6.54 Å². The van der Waals surface area contributed by atoms with E-state index in [4.69, 9.17) is 12.2 Å². The lowest BCUT2D eigenvalue weighted by atomic mass is 10.3. The van der Waals surface area contributed by atoms with Gasteiger partial charge in [-0.3, -0.25) is 0 Å². The van der Waals surface area contributed by atoms with Crippen molar-refractivity contribution < 1.29 is 4.57 Å². The summed E-state index contributed by atoms with van der Waals surface area (Å²) in [5.41, 5.74) is 6.30. The van der Waals surface area contributed by atoms with Gasteiger partial charge in [-0.15, -0.1) is 6.42 Å². The number of aryl methyl sites for hydroxylation is 1. The van der Waals surface area contributed by atoms with Gasteiger partial charge >= 0.3 is 0 Å². The summed E-state index contributed by atoms with van der Waals surface area (Å²) < 4.78 is 2.06. The fourth-order valence-electron chi connectivity index (χ4n) is 1.02. The number of nitrogens with zero attached hydrogens (tertiary/aromatic N) is 1. The van der Waals surface area contributed by atoms with Gasteiger partial charge in [0.1, 0.15) is 6.54 Å². The zero-order valence-corrected chi connectivity index (χ0v) is 7.03. The normalized spacial score (nSPS) is 9.33. The molecule has 62 valence electrons. The Morgan fingerprint density at radius 3 is 3.08 bits per heavy atom. The molecule has 1 aromatic rings. The molecule has 0 atom stereocenters. The summed E-state index contributed by atoms with van der Waals surface area (Å²) in [4.78, 5) is 0. The second-order valence-electron chi connectivity index (χ2n) is 2.62. The van der Waals surface area contributed by atoms with Crippen LogP contribution in [0.25, 0.3) is 0 Å². The van der Waals surface area contributed by atoms with Crippen molar-refractivity contribution in [3.8, 4) is 12.3 Å². The third kappa shape index (κ3) is 2.37. The minimum absolute atomic E-state index is 0.716. The third-order valence-electron chi connectivity index (χ3n) is 1.65. The summed E-state index contributed by atoms with van der Waals surface area (Å²) in [6.45, 7) is 1.65. The predicted octanol–water partition coefficient (Wildman–Crippen LogP) is 0.304. The van der Waals surface area contributed by atoms with Crippen molar-refractivity contribution in [3.05, 3.63) is 30.1 Å². The minimum Gasteiger partial charge on any atom is -0.330 e. The van der Waals surface area contributed by atoms with Crippen molar-refractivity contribution in [2.45, 2.75) is 13.0 Å². The van der Waals surface area contributed by atoms with Gasteiger partial charge in [0.15, 0.2) is 12.4 Å². The molecular weight excluding hydrogens is 148 g/mol. The average Bonchev–Trinajstić information content (AvgIpc) is 2.15. The lowest BCUT2D eigenvalue weighted by Crippen LogP contribution is -2.34. The number of rotatable bonds is 3. The molecule has 1 heterocycles. The van der Waals surface area contributed by atoms with E-state index >= 15 is 0 Å². The molecule has 0 fully saturated rings. The highest BCUT2D eigenvalue weighted by Gasteiger charge is 1.98. The maximum Gasteiger partial charge on any atom is 0.184 e. The lowest BCUT2D eigenvalue weighted by molar-refractivity contribution is -0.697. The van der Waals surface area contributed by atoms with Crippen LogP contribution in [0.15, 0.2) is 24.5 Å². The van der Waals surface area contributed by atoms with E-state index in [1.54, 1.807) is 0 Å². The van der Waals surface area contributed by atoms with Crippen molar-refractivity contribution in [1.29, 1.82) is 0 Å². The van der Waals surface area contributed by atoms with Crippen LogP contribution in [0.5, 0.6) is 0 Å². The van der Waals surface area contributed by atoms with E-state index in [0.717, 1.165) is 18.5 Å². The van der Waals surface area contributed by atoms with Crippen LogP contribution in [0.3, 0.4) is 0 Å². The molecular formula is C10H13N2+. The van der Waals surface area contributed by atoms with E-state index < -0.39 is 0 Å². The zero-order valence-electron chi connectivity index (χ0n) is 7.03. The Kier molecular flexibility index (Phi) is 3.31. The van der Waals surface area contributed by atoms with E-state index in [1.807, 2.05) is 24.5 Å². The highest BCUT2D eigenvalue weighted by Crippen LogP contribution is 1.90. The Bertz CT molecular complexity index is 286. The SMILES string of the molecule is C#Cc1ccc[n+](CCCN)c1. The van der Waals surface area contributed by atoms with E-state index in [1.165, 1.54) is 0 Å². The van der Waals surface area contributed by atoms with Gasteiger partial charge in [-0.2, -0.15) is 0 Å². The van der Waals surface area contributed by atoms with E-state index in [-0.39, 0.29) is 0 Å². The molecule has 0 amide bonds. The fourth-order valence-corrected chi connectivity index (χ4v) is 1.02. The Morgan fingerprint density at radius 1 is 1.58 bits per heavy atom. The molecule has 2 nitrogen and oxygen atoms in total. The molecule has 0 saturated carbocycles. The van der Waals surface area contributed by atoms with Gasteiger partial charge in [0, 0.05) is 12.5 Å². The van der Waals surface area contributed by atoms with Crippen LogP contribution in [0.4, 0.5) is 0 Å². The van der Waals surface area contributed by atoms with Gasteiger partial charge in [0.05, 0.1) is 5.56 Å². The number of terminal acetylenes is 1. The topological polar surface area (TPSA) is 29.9 Å². The molecule has 0 aromatic carbocycles. The van der Waals surface area contributed by atoms with E-state index in [9.17, 15) is 0 Å². The summed E-state index contributed by atoms with van der Waals surface area (Å²) in [5, 5.41) is 0. The lowest BCUT2D eigenvalue weighted by Gasteiger charge is -1.94. The molecule has 0 bridgehead atoms. The van der Waals surface area contributed by atoms with Crippen LogP contribution < -0.4 is 10.3 Å². The van der Waals surface area contributed by atoms with Crippen LogP contribution in [0.1, 0.15) is 12.0 Å². The van der Waals surface area contributed by atoms with Crippen LogP contribution >= 0.6 is 0 Å².